The molecule has 2 unspecified atom stereocenters. The Bertz CT molecular complexity index is 1300. The number of H-pyrrole nitrogens is 1. The summed E-state index contributed by atoms with van der Waals surface area (Å²) in [6.07, 6.45) is -2.06. The van der Waals surface area contributed by atoms with E-state index in [1.54, 1.807) is 0 Å². The summed E-state index contributed by atoms with van der Waals surface area (Å²) in [7, 11) is 3.08. The van der Waals surface area contributed by atoms with Gasteiger partial charge in [0.05, 0.1) is 24.3 Å². The molecule has 5 rings (SSSR count). The number of hydrogen-bond donors (Lipinski definition) is 2. The van der Waals surface area contributed by atoms with Crippen LogP contribution in [0, 0.1) is 11.6 Å². The first-order valence-corrected chi connectivity index (χ1v) is 11.6. The van der Waals surface area contributed by atoms with Gasteiger partial charge in [-0.25, -0.2) is 8.78 Å². The number of benzene rings is 1. The summed E-state index contributed by atoms with van der Waals surface area (Å²) in [6.45, 7) is -0.484. The van der Waals surface area contributed by atoms with E-state index in [2.05, 4.69) is 15.0 Å². The molecule has 11 nitrogen and oxygen atoms in total. The summed E-state index contributed by atoms with van der Waals surface area (Å²) >= 11 is 6.25. The van der Waals surface area contributed by atoms with Crippen molar-refractivity contribution in [1.29, 1.82) is 0 Å². The topological polar surface area (TPSA) is 128 Å². The Labute approximate surface area is 214 Å². The predicted molar refractivity (Wildman–Crippen MR) is 124 cm³/mol. The molecular formula is C23H23ClF2N4O7. The highest BCUT2D eigenvalue weighted by atomic mass is 35.5. The number of likely N-dealkylation sites (N-methyl/N-ethyl adjacent to an activating group) is 1. The fourth-order valence-corrected chi connectivity index (χ4v) is 4.15. The second-order valence-corrected chi connectivity index (χ2v) is 9.15. The number of ether oxygens (including phenoxy) is 5. The number of carbonyl (C=O) groups excluding carboxylic acids is 1. The number of aromatic amines is 1. The molecule has 2 aliphatic heterocycles. The van der Waals surface area contributed by atoms with Gasteiger partial charge in [0.25, 0.3) is 11.9 Å². The monoisotopic (exact) mass is 540 g/mol. The number of amides is 1. The number of aromatic nitrogens is 3. The van der Waals surface area contributed by atoms with Crippen molar-refractivity contribution in [1.82, 2.24) is 19.9 Å². The standard InChI is InChI=1S/C23H23ClF2N4O7/c1-30(2)18(32)9-33-10-3-13(25)11(14(26)4-10)6-36-22-12(24)5-15-21(28-22)29-23(27-15)37-17-8-35-19-16(31)7-34-20(17)19/h3-5,16-17,19-20,31H,6-9H2,1-2H3,(H,27,28,29)/t16-,17-,19?,20?/m1/s1. The van der Waals surface area contributed by atoms with Crippen LogP contribution in [-0.2, 0) is 20.9 Å². The van der Waals surface area contributed by atoms with Crippen LogP contribution in [-0.4, -0.2) is 89.2 Å². The molecule has 198 valence electrons. The molecule has 2 saturated heterocycles. The van der Waals surface area contributed by atoms with Crippen LogP contribution in [0.5, 0.6) is 17.6 Å². The largest absolute Gasteiger partial charge is 0.484 e. The Kier molecular flexibility index (Phi) is 7.03. The van der Waals surface area contributed by atoms with E-state index < -0.39 is 42.7 Å². The lowest BCUT2D eigenvalue weighted by Crippen LogP contribution is -2.34. The van der Waals surface area contributed by atoms with Crippen molar-refractivity contribution in [3.05, 3.63) is 40.4 Å². The minimum absolute atomic E-state index is 0.0807. The zero-order valence-electron chi connectivity index (χ0n) is 19.7. The second-order valence-electron chi connectivity index (χ2n) is 8.74. The lowest BCUT2D eigenvalue weighted by Gasteiger charge is -2.15. The fraction of sp³-hybridized carbons (Fsp3) is 0.435. The zero-order chi connectivity index (χ0) is 26.3. The van der Waals surface area contributed by atoms with Crippen LogP contribution in [0.2, 0.25) is 5.02 Å². The van der Waals surface area contributed by atoms with Gasteiger partial charge in [0.2, 0.25) is 5.88 Å². The number of aliphatic hydroxyl groups excluding tert-OH is 1. The van der Waals surface area contributed by atoms with Crippen molar-refractivity contribution in [2.75, 3.05) is 33.9 Å². The maximum Gasteiger partial charge on any atom is 0.296 e. The van der Waals surface area contributed by atoms with E-state index in [0.29, 0.717) is 5.52 Å². The highest BCUT2D eigenvalue weighted by molar-refractivity contribution is 6.32. The van der Waals surface area contributed by atoms with E-state index in [0.717, 1.165) is 12.1 Å². The third kappa shape index (κ3) is 5.25. The molecular weight excluding hydrogens is 518 g/mol. The number of imidazole rings is 1. The zero-order valence-corrected chi connectivity index (χ0v) is 20.5. The highest BCUT2D eigenvalue weighted by Gasteiger charge is 2.48. The Balaban J connectivity index is 1.26. The number of rotatable bonds is 8. The number of halogens is 3. The van der Waals surface area contributed by atoms with Crippen molar-refractivity contribution >= 4 is 28.7 Å². The number of nitrogens with zero attached hydrogens (tertiary/aromatic N) is 3. The first-order valence-electron chi connectivity index (χ1n) is 11.3. The molecule has 0 spiro atoms. The molecule has 0 saturated carbocycles. The van der Waals surface area contributed by atoms with Crippen molar-refractivity contribution in [3.8, 4) is 17.6 Å². The minimum Gasteiger partial charge on any atom is -0.484 e. The lowest BCUT2D eigenvalue weighted by atomic mass is 10.1. The van der Waals surface area contributed by atoms with Gasteiger partial charge in [0.1, 0.15) is 47.3 Å². The molecule has 2 N–H and O–H groups in total. The van der Waals surface area contributed by atoms with E-state index in [9.17, 15) is 18.7 Å². The van der Waals surface area contributed by atoms with E-state index in [4.69, 9.17) is 35.3 Å². The maximum absolute atomic E-state index is 14.5. The smallest absolute Gasteiger partial charge is 0.296 e. The van der Waals surface area contributed by atoms with Crippen LogP contribution in [0.15, 0.2) is 18.2 Å². The van der Waals surface area contributed by atoms with Gasteiger partial charge in [0.15, 0.2) is 18.4 Å². The lowest BCUT2D eigenvalue weighted by molar-refractivity contribution is -0.130. The van der Waals surface area contributed by atoms with Crippen LogP contribution in [0.25, 0.3) is 11.2 Å². The van der Waals surface area contributed by atoms with Crippen LogP contribution < -0.4 is 14.2 Å². The molecule has 0 radical (unpaired) electrons. The number of carbonyl (C=O) groups is 1. The molecule has 2 fully saturated rings. The van der Waals surface area contributed by atoms with Gasteiger partial charge in [-0.3, -0.25) is 4.79 Å². The van der Waals surface area contributed by atoms with Crippen molar-refractivity contribution < 1.29 is 42.4 Å². The Morgan fingerprint density at radius 2 is 1.89 bits per heavy atom. The van der Waals surface area contributed by atoms with Crippen molar-refractivity contribution in [2.45, 2.75) is 31.0 Å². The number of pyridine rings is 1. The summed E-state index contributed by atoms with van der Waals surface area (Å²) in [4.78, 5) is 24.3. The molecule has 4 heterocycles. The third-order valence-electron chi connectivity index (χ3n) is 5.95. The van der Waals surface area contributed by atoms with Crippen LogP contribution in [0.1, 0.15) is 5.56 Å². The van der Waals surface area contributed by atoms with Crippen LogP contribution in [0.3, 0.4) is 0 Å². The van der Waals surface area contributed by atoms with Gasteiger partial charge in [-0.1, -0.05) is 11.6 Å². The number of nitrogens with one attached hydrogen (secondary N) is 1. The molecule has 0 bridgehead atoms. The Morgan fingerprint density at radius 1 is 1.16 bits per heavy atom. The van der Waals surface area contributed by atoms with Crippen molar-refractivity contribution in [3.63, 3.8) is 0 Å². The number of hydrogen-bond acceptors (Lipinski definition) is 9. The molecule has 1 aromatic carbocycles. The Hall–Kier alpha value is -3.26. The van der Waals surface area contributed by atoms with E-state index in [-0.39, 0.29) is 59.6 Å². The van der Waals surface area contributed by atoms with Crippen LogP contribution in [0.4, 0.5) is 8.78 Å². The van der Waals surface area contributed by atoms with Gasteiger partial charge in [-0.15, -0.1) is 0 Å². The molecule has 37 heavy (non-hydrogen) atoms. The highest BCUT2D eigenvalue weighted by Crippen LogP contribution is 2.32. The van der Waals surface area contributed by atoms with Gasteiger partial charge in [-0.05, 0) is 6.07 Å². The first-order chi connectivity index (χ1) is 17.7. The molecule has 14 heteroatoms. The first kappa shape index (κ1) is 25.4. The number of fused-ring (bicyclic) bond motifs is 2. The van der Waals surface area contributed by atoms with Gasteiger partial charge in [0, 0.05) is 26.2 Å². The van der Waals surface area contributed by atoms with Crippen molar-refractivity contribution in [2.24, 2.45) is 0 Å². The average Bonchev–Trinajstić information content (AvgIpc) is 3.53. The van der Waals surface area contributed by atoms with E-state index >= 15 is 0 Å². The van der Waals surface area contributed by atoms with Crippen LogP contribution >= 0.6 is 11.6 Å². The second kappa shape index (κ2) is 10.2. The summed E-state index contributed by atoms with van der Waals surface area (Å²) in [5.74, 6) is -2.42. The summed E-state index contributed by atoms with van der Waals surface area (Å²) in [6, 6.07) is 3.55. The SMILES string of the molecule is CN(C)C(=O)COc1cc(F)c(COc2nc3nc(O[C@@H]4COC5C4OC[C@H]5O)[nH]c3cc2Cl)c(F)c1. The van der Waals surface area contributed by atoms with Gasteiger partial charge in [-0.2, -0.15) is 9.97 Å². The molecule has 0 aliphatic carbocycles. The molecule has 2 aromatic heterocycles. The predicted octanol–water partition coefficient (Wildman–Crippen LogP) is 1.84. The third-order valence-corrected chi connectivity index (χ3v) is 6.22. The van der Waals surface area contributed by atoms with E-state index in [1.807, 2.05) is 0 Å². The van der Waals surface area contributed by atoms with E-state index in [1.165, 1.54) is 25.1 Å². The normalized spacial score (nSPS) is 22.8. The molecule has 2 aliphatic rings. The number of aliphatic hydroxyl groups is 1. The van der Waals surface area contributed by atoms with Gasteiger partial charge >= 0.3 is 0 Å². The molecule has 4 atom stereocenters. The Morgan fingerprint density at radius 3 is 2.62 bits per heavy atom. The maximum atomic E-state index is 14.5. The quantitative estimate of drug-likeness (QED) is 0.440. The van der Waals surface area contributed by atoms with Gasteiger partial charge < -0.3 is 38.7 Å². The fourth-order valence-electron chi connectivity index (χ4n) is 3.94. The average molecular weight is 541 g/mol. The summed E-state index contributed by atoms with van der Waals surface area (Å²) in [5, 5.41) is 9.95. The summed E-state index contributed by atoms with van der Waals surface area (Å²) < 4.78 is 56.6. The molecule has 3 aromatic rings. The summed E-state index contributed by atoms with van der Waals surface area (Å²) in [5.41, 5.74) is 0.277. The minimum atomic E-state index is -0.920. The molecule has 1 amide bonds.